The lowest BCUT2D eigenvalue weighted by Gasteiger charge is -2.12. The highest BCUT2D eigenvalue weighted by Gasteiger charge is 2.24. The third kappa shape index (κ3) is 7.01. The fraction of sp³-hybridized carbons (Fsp3) is 0.0164. The molecule has 13 aromatic rings. The molecule has 8 nitrogen and oxygen atoms in total. The fourth-order valence-electron chi connectivity index (χ4n) is 9.65. The van der Waals surface area contributed by atoms with Gasteiger partial charge in [-0.2, -0.15) is 0 Å². The number of furan rings is 1. The Hall–Kier alpha value is -9.40. The molecule has 0 saturated heterocycles. The first-order valence-corrected chi connectivity index (χ1v) is 22.9. The number of benzene rings is 9. The first kappa shape index (κ1) is 39.9. The Labute approximate surface area is 397 Å². The molecular formula is C61H39N7O. The zero-order valence-corrected chi connectivity index (χ0v) is 37.3. The molecule has 69 heavy (non-hydrogen) atoms. The Balaban J connectivity index is 1.01. The highest BCUT2D eigenvalue weighted by Crippen LogP contribution is 2.46. The van der Waals surface area contributed by atoms with Gasteiger partial charge in [0.15, 0.2) is 34.9 Å². The first-order chi connectivity index (χ1) is 34.1. The van der Waals surface area contributed by atoms with Crippen molar-refractivity contribution in [1.82, 2.24) is 34.5 Å². The summed E-state index contributed by atoms with van der Waals surface area (Å²) in [6.45, 7) is 0. The van der Waals surface area contributed by atoms with E-state index < -0.39 is 0 Å². The minimum Gasteiger partial charge on any atom is -0.455 e. The maximum Gasteiger partial charge on any atom is 0.164 e. The van der Waals surface area contributed by atoms with Gasteiger partial charge >= 0.3 is 0 Å². The van der Waals surface area contributed by atoms with Gasteiger partial charge in [-0.1, -0.05) is 194 Å². The van der Waals surface area contributed by atoms with Crippen molar-refractivity contribution in [3.8, 4) is 90.6 Å². The van der Waals surface area contributed by atoms with Crippen LogP contribution < -0.4 is 0 Å². The Morgan fingerprint density at radius 1 is 0.304 bits per heavy atom. The number of aromatic nitrogens is 7. The van der Waals surface area contributed by atoms with Crippen LogP contribution in [0.1, 0.15) is 0 Å². The molecule has 4 aromatic heterocycles. The molecule has 0 bridgehead atoms. The second kappa shape index (κ2) is 16.5. The molecule has 0 amide bonds. The summed E-state index contributed by atoms with van der Waals surface area (Å²) in [6, 6.07) is 74.5. The molecule has 13 rings (SSSR count). The zero-order chi connectivity index (χ0) is 45.8. The lowest BCUT2D eigenvalue weighted by molar-refractivity contribution is 0.673. The fourth-order valence-corrected chi connectivity index (χ4v) is 9.65. The molecule has 0 atom stereocenters. The Bertz CT molecular complexity index is 3960. The summed E-state index contributed by atoms with van der Waals surface area (Å²) in [5.74, 6) is 3.68. The van der Waals surface area contributed by atoms with Crippen LogP contribution in [0.4, 0.5) is 0 Å². The zero-order valence-electron chi connectivity index (χ0n) is 37.3. The van der Waals surface area contributed by atoms with E-state index >= 15 is 0 Å². The van der Waals surface area contributed by atoms with Crippen molar-refractivity contribution in [2.24, 2.45) is 7.05 Å². The quantitative estimate of drug-likeness (QED) is 0.150. The highest BCUT2D eigenvalue weighted by molar-refractivity contribution is 6.28. The molecule has 0 radical (unpaired) electrons. The second-order valence-corrected chi connectivity index (χ2v) is 17.1. The molecule has 324 valence electrons. The molecule has 0 unspecified atom stereocenters. The number of hydrogen-bond acceptors (Lipinski definition) is 7. The summed E-state index contributed by atoms with van der Waals surface area (Å²) in [5.41, 5.74) is 13.5. The van der Waals surface area contributed by atoms with Crippen molar-refractivity contribution < 1.29 is 4.42 Å². The Kier molecular flexibility index (Phi) is 9.54. The molecule has 0 aliphatic carbocycles. The van der Waals surface area contributed by atoms with E-state index in [0.29, 0.717) is 34.9 Å². The monoisotopic (exact) mass is 885 g/mol. The van der Waals surface area contributed by atoms with Crippen molar-refractivity contribution in [3.05, 3.63) is 218 Å². The summed E-state index contributed by atoms with van der Waals surface area (Å²) in [7, 11) is 2.16. The molecule has 0 fully saturated rings. The van der Waals surface area contributed by atoms with Crippen LogP contribution in [0.2, 0.25) is 0 Å². The third-order valence-corrected chi connectivity index (χ3v) is 12.9. The lowest BCUT2D eigenvalue weighted by atomic mass is 9.96. The number of aryl methyl sites for hydroxylation is 1. The van der Waals surface area contributed by atoms with Crippen LogP contribution in [-0.2, 0) is 7.05 Å². The van der Waals surface area contributed by atoms with Gasteiger partial charge in [-0.15, -0.1) is 0 Å². The Morgan fingerprint density at radius 3 is 1.17 bits per heavy atom. The van der Waals surface area contributed by atoms with Crippen molar-refractivity contribution in [1.29, 1.82) is 0 Å². The van der Waals surface area contributed by atoms with Crippen LogP contribution in [-0.4, -0.2) is 34.5 Å². The molecule has 0 aliphatic rings. The average molecular weight is 886 g/mol. The van der Waals surface area contributed by atoms with Crippen molar-refractivity contribution >= 4 is 43.7 Å². The van der Waals surface area contributed by atoms with Gasteiger partial charge in [0.25, 0.3) is 0 Å². The van der Waals surface area contributed by atoms with Gasteiger partial charge in [-0.05, 0) is 35.4 Å². The second-order valence-electron chi connectivity index (χ2n) is 17.1. The van der Waals surface area contributed by atoms with E-state index in [1.54, 1.807) is 0 Å². The van der Waals surface area contributed by atoms with Crippen LogP contribution in [0, 0.1) is 0 Å². The number of hydrogen-bond donors (Lipinski definition) is 0. The SMILES string of the molecule is Cn1c2c(-c3cccc(-c4nc(-c5ccccc5)nc(-c5ccccc5)n4)c3)cccc2c2c3oc4ccccc4c3cc(-c3cccc(-c4nc(-c5ccccc5)nc(-c5ccccc5)n4)c3)c21. The van der Waals surface area contributed by atoms with E-state index in [1.165, 1.54) is 0 Å². The molecule has 9 aromatic carbocycles. The molecule has 0 saturated carbocycles. The van der Waals surface area contributed by atoms with E-state index in [0.717, 1.165) is 99.4 Å². The summed E-state index contributed by atoms with van der Waals surface area (Å²) in [4.78, 5) is 30.2. The van der Waals surface area contributed by atoms with E-state index in [2.05, 4.69) is 96.5 Å². The van der Waals surface area contributed by atoms with E-state index in [-0.39, 0.29) is 0 Å². The minimum atomic E-state index is 0.597. The van der Waals surface area contributed by atoms with Crippen LogP contribution in [0.25, 0.3) is 134 Å². The summed E-state index contributed by atoms with van der Waals surface area (Å²) in [6.07, 6.45) is 0. The molecule has 0 aliphatic heterocycles. The van der Waals surface area contributed by atoms with E-state index in [1.807, 2.05) is 133 Å². The van der Waals surface area contributed by atoms with E-state index in [4.69, 9.17) is 34.3 Å². The maximum absolute atomic E-state index is 6.84. The normalized spacial score (nSPS) is 11.6. The summed E-state index contributed by atoms with van der Waals surface area (Å²) >= 11 is 0. The van der Waals surface area contributed by atoms with Gasteiger partial charge in [0, 0.05) is 67.7 Å². The summed E-state index contributed by atoms with van der Waals surface area (Å²) < 4.78 is 9.17. The summed E-state index contributed by atoms with van der Waals surface area (Å²) in [5, 5.41) is 4.25. The maximum atomic E-state index is 6.84. The number of fused-ring (bicyclic) bond motifs is 7. The molecular weight excluding hydrogens is 847 g/mol. The largest absolute Gasteiger partial charge is 0.455 e. The smallest absolute Gasteiger partial charge is 0.164 e. The Morgan fingerprint density at radius 2 is 0.681 bits per heavy atom. The van der Waals surface area contributed by atoms with Gasteiger partial charge in [0.05, 0.1) is 16.4 Å². The standard InChI is InChI=1S/C61H39N7O/c1-68-53-46(42-27-16-29-44(35-42)60-64-56(38-19-6-2-7-20-38)62-57(65-60)39-21-8-3-9-22-39)32-18-33-48(53)52-54(68)49(37-50-47-31-14-15-34-51(47)69-55(50)52)43-28-17-30-45(36-43)61-66-58(40-23-10-4-11-24-40)63-59(67-61)41-25-12-5-13-26-41/h2-37H,1H3. The highest BCUT2D eigenvalue weighted by atomic mass is 16.3. The van der Waals surface area contributed by atoms with Crippen LogP contribution in [0.15, 0.2) is 223 Å². The third-order valence-electron chi connectivity index (χ3n) is 12.9. The van der Waals surface area contributed by atoms with Crippen LogP contribution in [0.3, 0.4) is 0 Å². The van der Waals surface area contributed by atoms with Crippen molar-refractivity contribution in [3.63, 3.8) is 0 Å². The van der Waals surface area contributed by atoms with Gasteiger partial charge in [-0.25, -0.2) is 29.9 Å². The number of rotatable bonds is 8. The van der Waals surface area contributed by atoms with Gasteiger partial charge < -0.3 is 8.98 Å². The van der Waals surface area contributed by atoms with Gasteiger partial charge in [0.1, 0.15) is 11.2 Å². The van der Waals surface area contributed by atoms with Crippen LogP contribution in [0.5, 0.6) is 0 Å². The van der Waals surface area contributed by atoms with Crippen molar-refractivity contribution in [2.75, 3.05) is 0 Å². The number of nitrogens with zero attached hydrogens (tertiary/aromatic N) is 7. The molecule has 4 heterocycles. The van der Waals surface area contributed by atoms with E-state index in [9.17, 15) is 0 Å². The van der Waals surface area contributed by atoms with Gasteiger partial charge in [0.2, 0.25) is 0 Å². The molecule has 0 N–H and O–H groups in total. The predicted octanol–water partition coefficient (Wildman–Crippen LogP) is 14.9. The van der Waals surface area contributed by atoms with Crippen molar-refractivity contribution in [2.45, 2.75) is 0 Å². The lowest BCUT2D eigenvalue weighted by Crippen LogP contribution is -2.00. The first-order valence-electron chi connectivity index (χ1n) is 22.9. The minimum absolute atomic E-state index is 0.597. The molecule has 8 heteroatoms. The molecule has 0 spiro atoms. The topological polar surface area (TPSA) is 95.4 Å². The van der Waals surface area contributed by atoms with Crippen LogP contribution >= 0.6 is 0 Å². The van der Waals surface area contributed by atoms with Gasteiger partial charge in [-0.3, -0.25) is 0 Å². The predicted molar refractivity (Wildman–Crippen MR) is 278 cm³/mol. The average Bonchev–Trinajstić information content (AvgIpc) is 3.96. The number of para-hydroxylation sites is 2.